The number of hydrogen-bond donors (Lipinski definition) is 1. The molecule has 0 aliphatic carbocycles. The van der Waals surface area contributed by atoms with Crippen molar-refractivity contribution in [1.29, 1.82) is 0 Å². The van der Waals surface area contributed by atoms with E-state index in [1.54, 1.807) is 16.0 Å². The lowest BCUT2D eigenvalue weighted by Gasteiger charge is -2.04. The molecule has 0 fully saturated rings. The maximum absolute atomic E-state index is 4.38. The SMILES string of the molecule is CC(C)NCc1cnc(-c2ccn(C)n2)s1. The monoisotopic (exact) mass is 236 g/mol. The normalized spacial score (nSPS) is 11.2. The Bertz CT molecular complexity index is 458. The number of thiazole rings is 1. The third kappa shape index (κ3) is 2.68. The summed E-state index contributed by atoms with van der Waals surface area (Å²) in [6.45, 7) is 5.16. The highest BCUT2D eigenvalue weighted by molar-refractivity contribution is 7.14. The summed E-state index contributed by atoms with van der Waals surface area (Å²) >= 11 is 1.69. The van der Waals surface area contributed by atoms with Crippen LogP contribution in [0.3, 0.4) is 0 Å². The highest BCUT2D eigenvalue weighted by Crippen LogP contribution is 2.23. The van der Waals surface area contributed by atoms with Gasteiger partial charge in [0, 0.05) is 36.9 Å². The predicted molar refractivity (Wildman–Crippen MR) is 66.3 cm³/mol. The van der Waals surface area contributed by atoms with Crippen molar-refractivity contribution in [2.45, 2.75) is 26.4 Å². The minimum Gasteiger partial charge on any atom is -0.310 e. The lowest BCUT2D eigenvalue weighted by molar-refractivity contribution is 0.593. The van der Waals surface area contributed by atoms with E-state index < -0.39 is 0 Å². The van der Waals surface area contributed by atoms with Crippen molar-refractivity contribution in [3.8, 4) is 10.7 Å². The summed E-state index contributed by atoms with van der Waals surface area (Å²) in [4.78, 5) is 5.63. The van der Waals surface area contributed by atoms with E-state index in [2.05, 4.69) is 29.2 Å². The van der Waals surface area contributed by atoms with E-state index in [-0.39, 0.29) is 0 Å². The highest BCUT2D eigenvalue weighted by Gasteiger charge is 2.07. The highest BCUT2D eigenvalue weighted by atomic mass is 32.1. The third-order valence-electron chi connectivity index (χ3n) is 2.17. The van der Waals surface area contributed by atoms with Gasteiger partial charge in [0.15, 0.2) is 0 Å². The minimum atomic E-state index is 0.500. The first-order valence-corrected chi connectivity index (χ1v) is 6.15. The quantitative estimate of drug-likeness (QED) is 0.883. The van der Waals surface area contributed by atoms with Gasteiger partial charge in [-0.2, -0.15) is 5.10 Å². The Morgan fingerprint density at radius 2 is 2.31 bits per heavy atom. The summed E-state index contributed by atoms with van der Waals surface area (Å²) in [6.07, 6.45) is 3.85. The number of nitrogens with one attached hydrogen (secondary N) is 1. The Morgan fingerprint density at radius 3 is 2.94 bits per heavy atom. The molecule has 2 aromatic rings. The summed E-state index contributed by atoms with van der Waals surface area (Å²) in [5.74, 6) is 0. The zero-order chi connectivity index (χ0) is 11.5. The van der Waals surface area contributed by atoms with Crippen LogP contribution in [0, 0.1) is 0 Å². The summed E-state index contributed by atoms with van der Waals surface area (Å²) in [5, 5.41) is 8.70. The molecule has 0 spiro atoms. The van der Waals surface area contributed by atoms with Gasteiger partial charge in [-0.3, -0.25) is 4.68 Å². The van der Waals surface area contributed by atoms with Gasteiger partial charge in [0.1, 0.15) is 10.7 Å². The van der Waals surface area contributed by atoms with Crippen molar-refractivity contribution in [3.63, 3.8) is 0 Å². The summed E-state index contributed by atoms with van der Waals surface area (Å²) in [7, 11) is 1.92. The van der Waals surface area contributed by atoms with E-state index in [4.69, 9.17) is 0 Å². The van der Waals surface area contributed by atoms with Gasteiger partial charge in [0.2, 0.25) is 0 Å². The first kappa shape index (κ1) is 11.3. The minimum absolute atomic E-state index is 0.500. The molecule has 86 valence electrons. The topological polar surface area (TPSA) is 42.7 Å². The van der Waals surface area contributed by atoms with Gasteiger partial charge in [-0.1, -0.05) is 13.8 Å². The molecular formula is C11H16N4S. The smallest absolute Gasteiger partial charge is 0.143 e. The van der Waals surface area contributed by atoms with Crippen molar-refractivity contribution < 1.29 is 0 Å². The molecule has 0 aliphatic heterocycles. The molecule has 16 heavy (non-hydrogen) atoms. The lowest BCUT2D eigenvalue weighted by Crippen LogP contribution is -2.21. The van der Waals surface area contributed by atoms with Crippen LogP contribution in [-0.2, 0) is 13.6 Å². The fraction of sp³-hybridized carbons (Fsp3) is 0.455. The molecule has 0 unspecified atom stereocenters. The predicted octanol–water partition coefficient (Wildman–Crippen LogP) is 2.04. The van der Waals surface area contributed by atoms with E-state index in [1.165, 1.54) is 4.88 Å². The van der Waals surface area contributed by atoms with Crippen LogP contribution in [0.2, 0.25) is 0 Å². The fourth-order valence-electron chi connectivity index (χ4n) is 1.34. The summed E-state index contributed by atoms with van der Waals surface area (Å²) in [5.41, 5.74) is 0.947. The largest absolute Gasteiger partial charge is 0.310 e. The molecular weight excluding hydrogens is 220 g/mol. The van der Waals surface area contributed by atoms with Crippen LogP contribution in [0.1, 0.15) is 18.7 Å². The second kappa shape index (κ2) is 4.76. The molecule has 0 saturated heterocycles. The van der Waals surface area contributed by atoms with Crippen molar-refractivity contribution in [2.75, 3.05) is 0 Å². The molecule has 0 aromatic carbocycles. The number of aryl methyl sites for hydroxylation is 1. The van der Waals surface area contributed by atoms with Crippen LogP contribution in [0.25, 0.3) is 10.7 Å². The second-order valence-electron chi connectivity index (χ2n) is 4.04. The molecule has 0 saturated carbocycles. The zero-order valence-electron chi connectivity index (χ0n) is 9.77. The molecule has 4 nitrogen and oxygen atoms in total. The number of hydrogen-bond acceptors (Lipinski definition) is 4. The molecule has 0 amide bonds. The van der Waals surface area contributed by atoms with Crippen LogP contribution in [0.15, 0.2) is 18.5 Å². The van der Waals surface area contributed by atoms with Crippen LogP contribution < -0.4 is 5.32 Å². The molecule has 2 heterocycles. The Hall–Kier alpha value is -1.20. The van der Waals surface area contributed by atoms with Crippen LogP contribution >= 0.6 is 11.3 Å². The van der Waals surface area contributed by atoms with Gasteiger partial charge in [0.25, 0.3) is 0 Å². The first-order chi connectivity index (χ1) is 7.65. The van der Waals surface area contributed by atoms with Crippen LogP contribution in [-0.4, -0.2) is 20.8 Å². The Morgan fingerprint density at radius 1 is 1.50 bits per heavy atom. The maximum atomic E-state index is 4.38. The van der Waals surface area contributed by atoms with Crippen molar-refractivity contribution >= 4 is 11.3 Å². The van der Waals surface area contributed by atoms with Gasteiger partial charge >= 0.3 is 0 Å². The molecule has 5 heteroatoms. The Kier molecular flexibility index (Phi) is 3.36. The Balaban J connectivity index is 2.07. The van der Waals surface area contributed by atoms with E-state index in [0.29, 0.717) is 6.04 Å². The van der Waals surface area contributed by atoms with Crippen molar-refractivity contribution in [3.05, 3.63) is 23.3 Å². The molecule has 1 N–H and O–H groups in total. The third-order valence-corrected chi connectivity index (χ3v) is 3.19. The van der Waals surface area contributed by atoms with E-state index in [1.807, 2.05) is 25.5 Å². The van der Waals surface area contributed by atoms with E-state index >= 15 is 0 Å². The molecule has 2 aromatic heterocycles. The number of rotatable bonds is 4. The Labute approximate surface area is 99.3 Å². The molecule has 2 rings (SSSR count). The number of nitrogens with zero attached hydrogens (tertiary/aromatic N) is 3. The average molecular weight is 236 g/mol. The number of aromatic nitrogens is 3. The van der Waals surface area contributed by atoms with E-state index in [0.717, 1.165) is 17.2 Å². The second-order valence-corrected chi connectivity index (χ2v) is 5.16. The average Bonchev–Trinajstić information content (AvgIpc) is 2.83. The van der Waals surface area contributed by atoms with Crippen LogP contribution in [0.5, 0.6) is 0 Å². The molecule has 0 bridgehead atoms. The van der Waals surface area contributed by atoms with Gasteiger partial charge in [-0.15, -0.1) is 11.3 Å². The lowest BCUT2D eigenvalue weighted by atomic mass is 10.4. The van der Waals surface area contributed by atoms with Gasteiger partial charge < -0.3 is 5.32 Å². The standard InChI is InChI=1S/C11H16N4S/c1-8(2)12-6-9-7-13-11(16-9)10-4-5-15(3)14-10/h4-5,7-8,12H,6H2,1-3H3. The summed E-state index contributed by atoms with van der Waals surface area (Å²) < 4.78 is 1.79. The van der Waals surface area contributed by atoms with Crippen molar-refractivity contribution in [2.24, 2.45) is 7.05 Å². The van der Waals surface area contributed by atoms with Crippen molar-refractivity contribution in [1.82, 2.24) is 20.1 Å². The van der Waals surface area contributed by atoms with Gasteiger partial charge in [0.05, 0.1) is 0 Å². The van der Waals surface area contributed by atoms with Crippen LogP contribution in [0.4, 0.5) is 0 Å². The molecule has 0 radical (unpaired) electrons. The zero-order valence-corrected chi connectivity index (χ0v) is 10.6. The van der Waals surface area contributed by atoms with E-state index in [9.17, 15) is 0 Å². The van der Waals surface area contributed by atoms with Gasteiger partial charge in [-0.05, 0) is 6.07 Å². The molecule has 0 aliphatic rings. The van der Waals surface area contributed by atoms with Gasteiger partial charge in [-0.25, -0.2) is 4.98 Å². The first-order valence-electron chi connectivity index (χ1n) is 5.33. The summed E-state index contributed by atoms with van der Waals surface area (Å²) in [6, 6.07) is 2.48. The fourth-order valence-corrected chi connectivity index (χ4v) is 2.17. The molecule has 0 atom stereocenters. The maximum Gasteiger partial charge on any atom is 0.143 e.